The molecule has 3 rings (SSSR count). The van der Waals surface area contributed by atoms with Crippen molar-refractivity contribution in [3.8, 4) is 0 Å². The summed E-state index contributed by atoms with van der Waals surface area (Å²) >= 11 is 0. The summed E-state index contributed by atoms with van der Waals surface area (Å²) < 4.78 is 23.6. The molecule has 14 atom stereocenters. The van der Waals surface area contributed by atoms with Gasteiger partial charge in [-0.2, -0.15) is 0 Å². The molecule has 2 bridgehead atoms. The van der Waals surface area contributed by atoms with Crippen molar-refractivity contribution in [2.75, 3.05) is 0 Å². The fourth-order valence-corrected chi connectivity index (χ4v) is 7.20. The number of ketones is 1. The molecule has 54 heavy (non-hydrogen) atoms. The standard InChI is InChI=1S/C39H62N2O13/c1-4-14-26-17-11-9-7-6-8-10-12-18-27(53-38-35(47)33(40)34(46)23(3)51-38)20-31-32(36(41)48)30(45)22-39(50,54-31)21-25(43)16-13-15-24(42)19-29(44)28(5-2)37(49)52-26/h6-12,18,23,25-35,38,43-47,50H,4-5,13-17,19-22,40H2,1-3H3,(H2,41,48)/b7-6+,10-8+,11-9+,18-12+/t23-,25-,26-,27+,28-,29-,30+,31?,32-,33+,34-,35+,38+,39-/m1/s1. The van der Waals surface area contributed by atoms with Gasteiger partial charge in [-0.05, 0) is 32.6 Å². The second kappa shape index (κ2) is 22.0. The van der Waals surface area contributed by atoms with Gasteiger partial charge in [0.1, 0.15) is 18.0 Å². The molecular formula is C39H62N2O13. The number of ether oxygens (including phenoxy) is 4. The third-order valence-corrected chi connectivity index (χ3v) is 10.2. The van der Waals surface area contributed by atoms with Crippen LogP contribution in [-0.2, 0) is 33.3 Å². The number of aliphatic hydroxyl groups excluding tert-OH is 5. The van der Waals surface area contributed by atoms with Crippen LogP contribution in [0.2, 0.25) is 0 Å². The van der Waals surface area contributed by atoms with Gasteiger partial charge in [0.15, 0.2) is 12.1 Å². The minimum absolute atomic E-state index is 0.00114. The van der Waals surface area contributed by atoms with Gasteiger partial charge in [-0.1, -0.05) is 68.9 Å². The van der Waals surface area contributed by atoms with Crippen LogP contribution in [0.25, 0.3) is 0 Å². The van der Waals surface area contributed by atoms with Crippen LogP contribution < -0.4 is 11.5 Å². The number of aliphatic hydroxyl groups is 6. The highest BCUT2D eigenvalue weighted by Crippen LogP contribution is 2.38. The number of carbonyl (C=O) groups excluding carboxylic acids is 3. The zero-order valence-electron chi connectivity index (χ0n) is 31.6. The van der Waals surface area contributed by atoms with E-state index in [1.807, 2.05) is 13.0 Å². The Kier molecular flexibility index (Phi) is 18.6. The Hall–Kier alpha value is -2.83. The van der Waals surface area contributed by atoms with E-state index in [1.54, 1.807) is 56.4 Å². The molecule has 0 spiro atoms. The molecule has 15 nitrogen and oxygen atoms in total. The van der Waals surface area contributed by atoms with Crippen LogP contribution in [0, 0.1) is 11.8 Å². The molecule has 3 aliphatic heterocycles. The molecular weight excluding hydrogens is 704 g/mol. The highest BCUT2D eigenvalue weighted by Gasteiger charge is 2.50. The van der Waals surface area contributed by atoms with Crippen LogP contribution >= 0.6 is 0 Å². The summed E-state index contributed by atoms with van der Waals surface area (Å²) in [4.78, 5) is 38.4. The molecule has 15 heteroatoms. The first-order valence-electron chi connectivity index (χ1n) is 19.1. The number of amides is 1. The molecule has 10 N–H and O–H groups in total. The van der Waals surface area contributed by atoms with E-state index in [2.05, 4.69) is 0 Å². The largest absolute Gasteiger partial charge is 0.462 e. The maximum atomic E-state index is 13.0. The van der Waals surface area contributed by atoms with Gasteiger partial charge in [-0.3, -0.25) is 14.4 Å². The third-order valence-electron chi connectivity index (χ3n) is 10.2. The number of allylic oxidation sites excluding steroid dienone is 6. The maximum absolute atomic E-state index is 13.0. The molecule has 1 amide bonds. The molecule has 3 heterocycles. The Morgan fingerprint density at radius 2 is 1.67 bits per heavy atom. The van der Waals surface area contributed by atoms with Crippen molar-refractivity contribution in [3.63, 3.8) is 0 Å². The Morgan fingerprint density at radius 3 is 2.33 bits per heavy atom. The van der Waals surface area contributed by atoms with E-state index in [4.69, 9.17) is 30.4 Å². The minimum Gasteiger partial charge on any atom is -0.462 e. The van der Waals surface area contributed by atoms with E-state index in [0.29, 0.717) is 12.8 Å². The van der Waals surface area contributed by atoms with Crippen molar-refractivity contribution in [1.29, 1.82) is 0 Å². The van der Waals surface area contributed by atoms with Gasteiger partial charge in [-0.25, -0.2) is 0 Å². The molecule has 0 aromatic heterocycles. The van der Waals surface area contributed by atoms with Gasteiger partial charge >= 0.3 is 5.97 Å². The summed E-state index contributed by atoms with van der Waals surface area (Å²) in [6.45, 7) is 5.29. The second-order valence-corrected chi connectivity index (χ2v) is 14.7. The topological polar surface area (TPSA) is 262 Å². The molecule has 0 aromatic carbocycles. The van der Waals surface area contributed by atoms with E-state index < -0.39 is 103 Å². The normalized spacial score (nSPS) is 42.3. The van der Waals surface area contributed by atoms with Crippen LogP contribution in [0.5, 0.6) is 0 Å². The minimum atomic E-state index is -2.10. The zero-order chi connectivity index (χ0) is 40.0. The number of esters is 1. The summed E-state index contributed by atoms with van der Waals surface area (Å²) in [6.07, 6.45) is 3.91. The fraction of sp³-hybridized carbons (Fsp3) is 0.718. The Balaban J connectivity index is 1.90. The lowest BCUT2D eigenvalue weighted by molar-refractivity contribution is -0.306. The molecule has 0 radical (unpaired) electrons. The summed E-state index contributed by atoms with van der Waals surface area (Å²) in [6, 6.07) is -1.08. The molecule has 1 unspecified atom stereocenters. The van der Waals surface area contributed by atoms with Gasteiger partial charge in [-0.15, -0.1) is 0 Å². The average Bonchev–Trinajstić information content (AvgIpc) is 3.08. The maximum Gasteiger partial charge on any atom is 0.311 e. The van der Waals surface area contributed by atoms with Crippen LogP contribution in [0.15, 0.2) is 48.6 Å². The molecule has 306 valence electrons. The van der Waals surface area contributed by atoms with Gasteiger partial charge < -0.3 is 61.1 Å². The van der Waals surface area contributed by atoms with Crippen molar-refractivity contribution < 1.29 is 64.0 Å². The van der Waals surface area contributed by atoms with Gasteiger partial charge in [0.25, 0.3) is 0 Å². The third kappa shape index (κ3) is 13.7. The Labute approximate surface area is 317 Å². The molecule has 0 aromatic rings. The number of Topliss-reactive ketones (excluding diaryl/α,β-unsaturated/α-hetero) is 1. The first-order valence-corrected chi connectivity index (χ1v) is 19.1. The SMILES string of the molecule is CCC[C@@H]1C/C=C/C=C/C=C/C=C/[C@H](O[C@@H]2O[C@H](C)[C@@H](O)[C@H](N)[C@@H]2O)CC2O[C@](O)(C[C@H](O)CCCC(=O)C[C@@H](O)[C@@H](CC)C(=O)O1)C[C@H](O)[C@H]2C(N)=O. The van der Waals surface area contributed by atoms with E-state index in [9.17, 15) is 45.0 Å². The first-order chi connectivity index (χ1) is 25.6. The van der Waals surface area contributed by atoms with Crippen molar-refractivity contribution in [3.05, 3.63) is 48.6 Å². The lowest BCUT2D eigenvalue weighted by Crippen LogP contribution is -2.61. The number of fused-ring (bicyclic) bond motifs is 2. The number of cyclic esters (lactones) is 1. The number of carbonyl (C=O) groups is 3. The van der Waals surface area contributed by atoms with Crippen molar-refractivity contribution in [1.82, 2.24) is 0 Å². The first kappa shape index (κ1) is 45.6. The lowest BCUT2D eigenvalue weighted by atomic mass is 9.82. The van der Waals surface area contributed by atoms with E-state index in [1.165, 1.54) is 0 Å². The van der Waals surface area contributed by atoms with Crippen LogP contribution in [-0.4, -0.2) is 121 Å². The molecule has 0 saturated carbocycles. The summed E-state index contributed by atoms with van der Waals surface area (Å²) in [5.74, 6) is -6.00. The zero-order valence-corrected chi connectivity index (χ0v) is 31.6. The molecule has 2 fully saturated rings. The van der Waals surface area contributed by atoms with Crippen LogP contribution in [0.4, 0.5) is 0 Å². The number of hydrogen-bond acceptors (Lipinski definition) is 14. The predicted molar refractivity (Wildman–Crippen MR) is 197 cm³/mol. The van der Waals surface area contributed by atoms with Crippen molar-refractivity contribution in [2.45, 2.75) is 164 Å². The monoisotopic (exact) mass is 766 g/mol. The van der Waals surface area contributed by atoms with Gasteiger partial charge in [0, 0.05) is 38.5 Å². The number of hydrogen-bond donors (Lipinski definition) is 8. The summed E-state index contributed by atoms with van der Waals surface area (Å²) in [5.41, 5.74) is 11.7. The molecule has 3 aliphatic rings. The Bertz CT molecular complexity index is 1320. The predicted octanol–water partition coefficient (Wildman–Crippen LogP) is 1.10. The van der Waals surface area contributed by atoms with E-state index in [0.717, 1.165) is 6.42 Å². The number of nitrogens with two attached hydrogens (primary N) is 2. The number of primary amides is 1. The summed E-state index contributed by atoms with van der Waals surface area (Å²) in [5, 5.41) is 65.3. The molecule has 0 aliphatic carbocycles. The van der Waals surface area contributed by atoms with E-state index >= 15 is 0 Å². The van der Waals surface area contributed by atoms with E-state index in [-0.39, 0.29) is 50.7 Å². The fourth-order valence-electron chi connectivity index (χ4n) is 7.20. The van der Waals surface area contributed by atoms with Crippen molar-refractivity contribution in [2.24, 2.45) is 23.3 Å². The van der Waals surface area contributed by atoms with Gasteiger partial charge in [0.05, 0.1) is 60.6 Å². The number of rotatable bonds is 6. The highest BCUT2D eigenvalue weighted by molar-refractivity contribution is 5.80. The van der Waals surface area contributed by atoms with Crippen LogP contribution in [0.3, 0.4) is 0 Å². The highest BCUT2D eigenvalue weighted by atomic mass is 16.7. The average molecular weight is 767 g/mol. The molecule has 2 saturated heterocycles. The lowest BCUT2D eigenvalue weighted by Gasteiger charge is -2.45. The smallest absolute Gasteiger partial charge is 0.311 e. The van der Waals surface area contributed by atoms with Gasteiger partial charge in [0.2, 0.25) is 5.91 Å². The van der Waals surface area contributed by atoms with Crippen LogP contribution in [0.1, 0.15) is 91.4 Å². The van der Waals surface area contributed by atoms with Crippen molar-refractivity contribution >= 4 is 17.7 Å². The Morgan fingerprint density at radius 1 is 0.981 bits per heavy atom. The second-order valence-electron chi connectivity index (χ2n) is 14.7. The summed E-state index contributed by atoms with van der Waals surface area (Å²) in [7, 11) is 0. The quantitative estimate of drug-likeness (QED) is 0.176.